The van der Waals surface area contributed by atoms with E-state index < -0.39 is 18.1 Å². The molecule has 0 bridgehead atoms. The van der Waals surface area contributed by atoms with E-state index in [9.17, 15) is 8.42 Å². The Kier molecular flexibility index (Phi) is 6.72. The van der Waals surface area contributed by atoms with E-state index >= 15 is 0 Å². The highest BCUT2D eigenvalue weighted by molar-refractivity contribution is 7.92. The SMILES string of the molecule is C[Si](C)(C)C#Cc1ccccc1CN(c1ccccc1)S(=O)(=O)c1ccc(Cl)cc1. The molecule has 0 aliphatic heterocycles. The second-order valence-corrected chi connectivity index (χ2v) is 15.0. The number of benzene rings is 3. The summed E-state index contributed by atoms with van der Waals surface area (Å²) in [6.07, 6.45) is 0. The van der Waals surface area contributed by atoms with Crippen LogP contribution in [-0.2, 0) is 16.6 Å². The van der Waals surface area contributed by atoms with E-state index in [0.29, 0.717) is 10.7 Å². The molecule has 3 rings (SSSR count). The van der Waals surface area contributed by atoms with Crippen LogP contribution >= 0.6 is 11.6 Å². The van der Waals surface area contributed by atoms with Gasteiger partial charge < -0.3 is 0 Å². The molecule has 6 heteroatoms. The fraction of sp³-hybridized carbons (Fsp3) is 0.167. The quantitative estimate of drug-likeness (QED) is 0.352. The maximum atomic E-state index is 13.5. The van der Waals surface area contributed by atoms with E-state index in [2.05, 4.69) is 31.1 Å². The minimum absolute atomic E-state index is 0.186. The van der Waals surface area contributed by atoms with E-state index in [0.717, 1.165) is 11.1 Å². The predicted molar refractivity (Wildman–Crippen MR) is 128 cm³/mol. The third-order valence-corrected chi connectivity index (χ3v) is 7.26. The monoisotopic (exact) mass is 453 g/mol. The van der Waals surface area contributed by atoms with E-state index in [4.69, 9.17) is 11.6 Å². The van der Waals surface area contributed by atoms with Gasteiger partial charge in [-0.2, -0.15) is 0 Å². The summed E-state index contributed by atoms with van der Waals surface area (Å²) >= 11 is 5.96. The third kappa shape index (κ3) is 5.54. The van der Waals surface area contributed by atoms with Crippen molar-refractivity contribution in [2.45, 2.75) is 31.1 Å². The lowest BCUT2D eigenvalue weighted by atomic mass is 10.1. The highest BCUT2D eigenvalue weighted by Crippen LogP contribution is 2.27. The molecular formula is C24H24ClNO2SSi. The number of hydrogen-bond acceptors (Lipinski definition) is 2. The molecule has 0 aliphatic carbocycles. The highest BCUT2D eigenvalue weighted by atomic mass is 35.5. The van der Waals surface area contributed by atoms with Crippen LogP contribution in [0.2, 0.25) is 24.7 Å². The van der Waals surface area contributed by atoms with E-state index in [1.54, 1.807) is 24.3 Å². The van der Waals surface area contributed by atoms with E-state index in [1.807, 2.05) is 42.5 Å². The zero-order valence-electron chi connectivity index (χ0n) is 17.3. The molecule has 0 atom stereocenters. The van der Waals surface area contributed by atoms with Gasteiger partial charge >= 0.3 is 0 Å². The van der Waals surface area contributed by atoms with Crippen LogP contribution in [0.4, 0.5) is 5.69 Å². The molecule has 3 nitrogen and oxygen atoms in total. The summed E-state index contributed by atoms with van der Waals surface area (Å²) in [7, 11) is -5.36. The Labute approximate surface area is 185 Å². The number of para-hydroxylation sites is 1. The number of sulfonamides is 1. The number of halogens is 1. The molecule has 0 heterocycles. The second kappa shape index (κ2) is 9.09. The van der Waals surface area contributed by atoms with Crippen molar-refractivity contribution in [1.29, 1.82) is 0 Å². The second-order valence-electron chi connectivity index (χ2n) is 7.96. The number of anilines is 1. The topological polar surface area (TPSA) is 37.4 Å². The van der Waals surface area contributed by atoms with Crippen molar-refractivity contribution in [2.75, 3.05) is 4.31 Å². The van der Waals surface area contributed by atoms with Crippen molar-refractivity contribution < 1.29 is 8.42 Å². The van der Waals surface area contributed by atoms with Crippen LogP contribution in [0.3, 0.4) is 0 Å². The summed E-state index contributed by atoms with van der Waals surface area (Å²) in [5, 5.41) is 0.493. The molecule has 0 fully saturated rings. The smallest absolute Gasteiger partial charge is 0.262 e. The summed E-state index contributed by atoms with van der Waals surface area (Å²) < 4.78 is 28.5. The van der Waals surface area contributed by atoms with Gasteiger partial charge in [0.2, 0.25) is 0 Å². The molecular weight excluding hydrogens is 430 g/mol. The first-order chi connectivity index (χ1) is 14.2. The normalized spacial score (nSPS) is 11.5. The van der Waals surface area contributed by atoms with Crippen LogP contribution in [0.5, 0.6) is 0 Å². The lowest BCUT2D eigenvalue weighted by Gasteiger charge is -2.25. The fourth-order valence-corrected chi connectivity index (χ4v) is 4.91. The average Bonchev–Trinajstić information content (AvgIpc) is 2.71. The lowest BCUT2D eigenvalue weighted by molar-refractivity contribution is 0.590. The average molecular weight is 454 g/mol. The molecule has 154 valence electrons. The first-order valence-electron chi connectivity index (χ1n) is 9.61. The van der Waals surface area contributed by atoms with Gasteiger partial charge in [0.25, 0.3) is 10.0 Å². The Morgan fingerprint density at radius 1 is 0.867 bits per heavy atom. The van der Waals surface area contributed by atoms with E-state index in [-0.39, 0.29) is 11.4 Å². The minimum atomic E-state index is -3.79. The van der Waals surface area contributed by atoms with Gasteiger partial charge in [-0.05, 0) is 48.0 Å². The van der Waals surface area contributed by atoms with E-state index in [1.165, 1.54) is 16.4 Å². The van der Waals surface area contributed by atoms with Crippen LogP contribution in [0.25, 0.3) is 0 Å². The first kappa shape index (κ1) is 22.2. The van der Waals surface area contributed by atoms with Gasteiger partial charge in [0.15, 0.2) is 0 Å². The van der Waals surface area contributed by atoms with Gasteiger partial charge in [-0.25, -0.2) is 8.42 Å². The van der Waals surface area contributed by atoms with Crippen molar-refractivity contribution >= 4 is 35.4 Å². The van der Waals surface area contributed by atoms with Gasteiger partial charge in [0.05, 0.1) is 17.1 Å². The van der Waals surface area contributed by atoms with Crippen molar-refractivity contribution in [2.24, 2.45) is 0 Å². The van der Waals surface area contributed by atoms with Crippen molar-refractivity contribution in [3.63, 3.8) is 0 Å². The first-order valence-corrected chi connectivity index (χ1v) is 14.9. The molecule has 0 saturated carbocycles. The summed E-state index contributed by atoms with van der Waals surface area (Å²) in [5.41, 5.74) is 5.69. The summed E-state index contributed by atoms with van der Waals surface area (Å²) in [6.45, 7) is 6.74. The summed E-state index contributed by atoms with van der Waals surface area (Å²) in [4.78, 5) is 0.196. The van der Waals surface area contributed by atoms with Gasteiger partial charge in [-0.15, -0.1) is 5.54 Å². The molecule has 30 heavy (non-hydrogen) atoms. The van der Waals surface area contributed by atoms with Crippen molar-refractivity contribution in [3.05, 3.63) is 95.0 Å². The zero-order chi connectivity index (χ0) is 21.8. The lowest BCUT2D eigenvalue weighted by Crippen LogP contribution is -2.30. The van der Waals surface area contributed by atoms with Crippen LogP contribution in [0.1, 0.15) is 11.1 Å². The molecule has 0 radical (unpaired) electrons. The molecule has 3 aromatic carbocycles. The highest BCUT2D eigenvalue weighted by Gasteiger charge is 2.25. The molecule has 3 aromatic rings. The third-order valence-electron chi connectivity index (χ3n) is 4.35. The summed E-state index contributed by atoms with van der Waals surface area (Å²) in [6, 6.07) is 23.1. The molecule has 0 amide bonds. The van der Waals surface area contributed by atoms with Crippen LogP contribution in [-0.4, -0.2) is 16.5 Å². The van der Waals surface area contributed by atoms with Gasteiger partial charge in [0.1, 0.15) is 8.07 Å². The Morgan fingerprint density at radius 2 is 1.47 bits per heavy atom. The largest absolute Gasteiger partial charge is 0.264 e. The number of nitrogens with zero attached hydrogens (tertiary/aromatic N) is 1. The predicted octanol–water partition coefficient (Wildman–Crippen LogP) is 5.96. The van der Waals surface area contributed by atoms with Gasteiger partial charge in [-0.1, -0.05) is 73.6 Å². The molecule has 0 saturated heterocycles. The van der Waals surface area contributed by atoms with Gasteiger partial charge in [0, 0.05) is 10.6 Å². The molecule has 0 N–H and O–H groups in total. The zero-order valence-corrected chi connectivity index (χ0v) is 19.8. The van der Waals surface area contributed by atoms with Crippen molar-refractivity contribution in [3.8, 4) is 11.5 Å². The number of rotatable bonds is 5. The fourth-order valence-electron chi connectivity index (χ4n) is 2.83. The molecule has 0 aliphatic rings. The Hall–Kier alpha value is -2.52. The Morgan fingerprint density at radius 3 is 2.10 bits per heavy atom. The minimum Gasteiger partial charge on any atom is -0.262 e. The molecule has 0 unspecified atom stereocenters. The van der Waals surface area contributed by atoms with Crippen LogP contribution in [0.15, 0.2) is 83.8 Å². The molecule has 0 aromatic heterocycles. The Bertz CT molecular complexity index is 1180. The summed E-state index contributed by atoms with van der Waals surface area (Å²) in [5.74, 6) is 3.28. The van der Waals surface area contributed by atoms with Gasteiger partial charge in [-0.3, -0.25) is 4.31 Å². The Balaban J connectivity index is 2.08. The van der Waals surface area contributed by atoms with Crippen LogP contribution < -0.4 is 4.31 Å². The number of hydrogen-bond donors (Lipinski definition) is 0. The molecule has 0 spiro atoms. The maximum absolute atomic E-state index is 13.5. The van der Waals surface area contributed by atoms with Crippen LogP contribution in [0, 0.1) is 11.5 Å². The maximum Gasteiger partial charge on any atom is 0.264 e. The standard InChI is InChI=1S/C24H24ClNO2SSi/c1-30(2,3)18-17-20-9-7-8-10-21(20)19-26(23-11-5-4-6-12-23)29(27,28)24-15-13-22(25)14-16-24/h4-16H,19H2,1-3H3. The van der Waals surface area contributed by atoms with Crippen molar-refractivity contribution in [1.82, 2.24) is 0 Å².